The third-order valence-corrected chi connectivity index (χ3v) is 8.15. The molecule has 0 N–H and O–H groups in total. The second-order valence-corrected chi connectivity index (χ2v) is 10.2. The first kappa shape index (κ1) is 23.6. The molecule has 39 heavy (non-hydrogen) atoms. The van der Waals surface area contributed by atoms with Gasteiger partial charge in [0.2, 0.25) is 23.1 Å². The Kier molecular flexibility index (Phi) is 5.48. The minimum atomic E-state index is -1.20. The Hall–Kier alpha value is -4.51. The van der Waals surface area contributed by atoms with Crippen LogP contribution < -0.4 is 9.13 Å². The van der Waals surface area contributed by atoms with Crippen molar-refractivity contribution in [2.75, 3.05) is 0 Å². The van der Waals surface area contributed by atoms with Crippen LogP contribution in [0.25, 0.3) is 39.3 Å². The molecule has 2 unspecified atom stereocenters. The van der Waals surface area contributed by atoms with Crippen molar-refractivity contribution in [1.29, 1.82) is 0 Å². The molecule has 0 fully saturated rings. The summed E-state index contributed by atoms with van der Waals surface area (Å²) in [6, 6.07) is 28.3. The van der Waals surface area contributed by atoms with Crippen LogP contribution in [0, 0.1) is 17.5 Å². The number of hydrogen-bond donors (Lipinski definition) is 0. The van der Waals surface area contributed by atoms with Crippen LogP contribution in [0.5, 0.6) is 0 Å². The Morgan fingerprint density at radius 2 is 1.51 bits per heavy atom. The van der Waals surface area contributed by atoms with E-state index in [-0.39, 0.29) is 29.5 Å². The van der Waals surface area contributed by atoms with Crippen LogP contribution in [-0.4, -0.2) is 0 Å². The Morgan fingerprint density at radius 1 is 0.744 bits per heavy atom. The molecule has 0 spiro atoms. The molecule has 0 saturated heterocycles. The summed E-state index contributed by atoms with van der Waals surface area (Å²) in [4.78, 5) is 0. The predicted molar refractivity (Wildman–Crippen MR) is 145 cm³/mol. The molecule has 0 radical (unpaired) electrons. The molecule has 190 valence electrons. The van der Waals surface area contributed by atoms with Gasteiger partial charge in [-0.1, -0.05) is 48.5 Å². The molecule has 5 heteroatoms. The molecule has 5 aromatic rings. The van der Waals surface area contributed by atoms with Crippen molar-refractivity contribution in [3.63, 3.8) is 0 Å². The SMILES string of the molecule is C=C1C2C(CCc3c(F)cc(F)c(F)c3-c3ccc(-c4ccccc4)c[n+]31)c1ccccc1-c1cccc[n+]12. The smallest absolute Gasteiger partial charge is 0.207 e. The molecular formula is C34H25F3N2+2. The van der Waals surface area contributed by atoms with Gasteiger partial charge in [-0.25, -0.2) is 13.2 Å². The Balaban J connectivity index is 1.55. The van der Waals surface area contributed by atoms with Gasteiger partial charge in [-0.05, 0) is 48.7 Å². The lowest BCUT2D eigenvalue weighted by molar-refractivity contribution is -0.727. The number of nitrogens with zero attached hydrogens (tertiary/aromatic N) is 2. The molecule has 0 bridgehead atoms. The fourth-order valence-corrected chi connectivity index (χ4v) is 6.38. The Labute approximate surface area is 225 Å². The standard InChI is InChI=1S/C34H25F3N2/c1-21-34-26(24-11-5-6-12-25(24)30-13-7-8-18-38(30)34)15-16-27-28(35)19-29(36)33(37)32(27)31-17-14-23(20-39(21)31)22-9-3-2-4-10-22/h2-14,17-20,26,34H,1,15-16H2/q+2. The molecule has 2 aromatic heterocycles. The van der Waals surface area contributed by atoms with Crippen molar-refractivity contribution in [3.8, 4) is 33.6 Å². The van der Waals surface area contributed by atoms with Crippen LogP contribution in [-0.2, 0) is 6.42 Å². The lowest BCUT2D eigenvalue weighted by atomic mass is 9.78. The summed E-state index contributed by atoms with van der Waals surface area (Å²) in [7, 11) is 0. The summed E-state index contributed by atoms with van der Waals surface area (Å²) < 4.78 is 49.7. The maximum Gasteiger partial charge on any atom is 0.249 e. The monoisotopic (exact) mass is 518 g/mol. The first-order chi connectivity index (χ1) is 19.0. The lowest BCUT2D eigenvalue weighted by Crippen LogP contribution is -2.53. The average Bonchev–Trinajstić information content (AvgIpc) is 3.03. The van der Waals surface area contributed by atoms with E-state index in [0.29, 0.717) is 23.9 Å². The molecule has 2 atom stereocenters. The number of hydrogen-bond acceptors (Lipinski definition) is 0. The molecule has 7 rings (SSSR count). The fourth-order valence-electron chi connectivity index (χ4n) is 6.38. The number of halogens is 3. The molecule has 2 aliphatic rings. The van der Waals surface area contributed by atoms with Gasteiger partial charge >= 0.3 is 0 Å². The summed E-state index contributed by atoms with van der Waals surface area (Å²) in [5, 5.41) is 0. The summed E-state index contributed by atoms with van der Waals surface area (Å²) in [6.07, 6.45) is 4.74. The average molecular weight is 519 g/mol. The minimum absolute atomic E-state index is 0.0431. The first-order valence-corrected chi connectivity index (χ1v) is 13.1. The van der Waals surface area contributed by atoms with Gasteiger partial charge < -0.3 is 0 Å². The topological polar surface area (TPSA) is 7.76 Å². The van der Waals surface area contributed by atoms with Gasteiger partial charge in [-0.15, -0.1) is 0 Å². The quantitative estimate of drug-likeness (QED) is 0.161. The van der Waals surface area contributed by atoms with Crippen molar-refractivity contribution >= 4 is 5.70 Å². The van der Waals surface area contributed by atoms with E-state index in [2.05, 4.69) is 29.3 Å². The minimum Gasteiger partial charge on any atom is -0.207 e. The largest absolute Gasteiger partial charge is 0.249 e. The molecule has 2 aliphatic heterocycles. The number of benzene rings is 3. The maximum absolute atomic E-state index is 15.6. The van der Waals surface area contributed by atoms with Crippen molar-refractivity contribution in [1.82, 2.24) is 0 Å². The number of rotatable bonds is 1. The van der Waals surface area contributed by atoms with Crippen LogP contribution in [0.4, 0.5) is 13.2 Å². The van der Waals surface area contributed by atoms with Gasteiger partial charge in [-0.3, -0.25) is 0 Å². The molecular weight excluding hydrogens is 493 g/mol. The molecule has 0 saturated carbocycles. The summed E-state index contributed by atoms with van der Waals surface area (Å²) in [5.74, 6) is -3.03. The highest BCUT2D eigenvalue weighted by Gasteiger charge is 2.47. The van der Waals surface area contributed by atoms with Crippen molar-refractivity contribution in [2.45, 2.75) is 24.8 Å². The zero-order valence-electron chi connectivity index (χ0n) is 21.1. The van der Waals surface area contributed by atoms with E-state index in [1.807, 2.05) is 77.6 Å². The number of aromatic nitrogens is 2. The van der Waals surface area contributed by atoms with E-state index in [1.165, 1.54) is 0 Å². The van der Waals surface area contributed by atoms with Gasteiger partial charge in [-0.2, -0.15) is 9.13 Å². The third kappa shape index (κ3) is 3.64. The molecule has 0 amide bonds. The van der Waals surface area contributed by atoms with E-state index in [9.17, 15) is 4.39 Å². The molecule has 2 nitrogen and oxygen atoms in total. The normalized spacial score (nSPS) is 17.5. The van der Waals surface area contributed by atoms with Crippen LogP contribution in [0.1, 0.15) is 29.5 Å². The number of fused-ring (bicyclic) bond motifs is 9. The van der Waals surface area contributed by atoms with E-state index in [1.54, 1.807) is 6.07 Å². The van der Waals surface area contributed by atoms with Gasteiger partial charge in [0.15, 0.2) is 24.0 Å². The van der Waals surface area contributed by atoms with Crippen LogP contribution >= 0.6 is 0 Å². The van der Waals surface area contributed by atoms with E-state index in [0.717, 1.165) is 27.9 Å². The lowest BCUT2D eigenvalue weighted by Gasteiger charge is -2.29. The second kappa shape index (κ2) is 9.05. The molecule has 0 aliphatic carbocycles. The first-order valence-electron chi connectivity index (χ1n) is 13.1. The predicted octanol–water partition coefficient (Wildman–Crippen LogP) is 7.44. The van der Waals surface area contributed by atoms with Crippen LogP contribution in [0.3, 0.4) is 0 Å². The van der Waals surface area contributed by atoms with Gasteiger partial charge in [0.1, 0.15) is 5.82 Å². The summed E-state index contributed by atoms with van der Waals surface area (Å²) >= 11 is 0. The number of pyridine rings is 2. The van der Waals surface area contributed by atoms with E-state index < -0.39 is 17.5 Å². The van der Waals surface area contributed by atoms with Crippen molar-refractivity contribution < 1.29 is 22.3 Å². The zero-order chi connectivity index (χ0) is 26.7. The van der Waals surface area contributed by atoms with E-state index in [4.69, 9.17) is 0 Å². The maximum atomic E-state index is 15.6. The summed E-state index contributed by atoms with van der Waals surface area (Å²) in [6.45, 7) is 4.57. The fraction of sp³-hybridized carbons (Fsp3) is 0.118. The number of allylic oxidation sites excluding steroid dienone is 1. The van der Waals surface area contributed by atoms with E-state index >= 15 is 8.78 Å². The molecule has 3 aromatic carbocycles. The highest BCUT2D eigenvalue weighted by atomic mass is 19.2. The highest BCUT2D eigenvalue weighted by Crippen LogP contribution is 2.45. The van der Waals surface area contributed by atoms with Gasteiger partial charge in [0, 0.05) is 41.0 Å². The Bertz CT molecular complexity index is 1780. The van der Waals surface area contributed by atoms with Gasteiger partial charge in [0.05, 0.1) is 11.5 Å². The van der Waals surface area contributed by atoms with Crippen LogP contribution in [0.15, 0.2) is 110 Å². The molecule has 4 heterocycles. The highest BCUT2D eigenvalue weighted by molar-refractivity contribution is 5.70. The van der Waals surface area contributed by atoms with Crippen molar-refractivity contribution in [2.24, 2.45) is 0 Å². The third-order valence-electron chi connectivity index (χ3n) is 8.15. The summed E-state index contributed by atoms with van der Waals surface area (Å²) in [5.41, 5.74) is 6.40. The Morgan fingerprint density at radius 3 is 2.36 bits per heavy atom. The van der Waals surface area contributed by atoms with Crippen molar-refractivity contribution in [3.05, 3.63) is 139 Å². The van der Waals surface area contributed by atoms with Gasteiger partial charge in [0.25, 0.3) is 0 Å². The van der Waals surface area contributed by atoms with Crippen LogP contribution in [0.2, 0.25) is 0 Å². The zero-order valence-corrected chi connectivity index (χ0v) is 21.1. The second-order valence-electron chi connectivity index (χ2n) is 10.2.